The van der Waals surface area contributed by atoms with Gasteiger partial charge in [-0.2, -0.15) is 0 Å². The van der Waals surface area contributed by atoms with Gasteiger partial charge < -0.3 is 4.90 Å². The first-order chi connectivity index (χ1) is 14.2. The molecule has 0 atom stereocenters. The van der Waals surface area contributed by atoms with Crippen LogP contribution in [0.5, 0.6) is 0 Å². The molecule has 1 saturated heterocycles. The molecule has 150 valence electrons. The molecule has 1 heterocycles. The molecule has 1 amide bonds. The molecule has 0 radical (unpaired) electrons. The van der Waals surface area contributed by atoms with Gasteiger partial charge >= 0.3 is 0 Å². The number of piperazine rings is 1. The van der Waals surface area contributed by atoms with Crippen molar-refractivity contribution in [3.63, 3.8) is 0 Å². The Morgan fingerprint density at radius 3 is 2.38 bits per heavy atom. The quantitative estimate of drug-likeness (QED) is 0.502. The summed E-state index contributed by atoms with van der Waals surface area (Å²) in [5.41, 5.74) is 4.67. The summed E-state index contributed by atoms with van der Waals surface area (Å²) < 4.78 is 0. The third-order valence-corrected chi connectivity index (χ3v) is 5.69. The zero-order valence-electron chi connectivity index (χ0n) is 16.6. The summed E-state index contributed by atoms with van der Waals surface area (Å²) >= 11 is 0. The minimum atomic E-state index is -0.467. The summed E-state index contributed by atoms with van der Waals surface area (Å²) in [6.07, 6.45) is 1.07. The summed E-state index contributed by atoms with van der Waals surface area (Å²) in [4.78, 5) is 16.5. The number of carbonyl (C=O) groups excluding carboxylic acids is 1. The van der Waals surface area contributed by atoms with E-state index in [-0.39, 0.29) is 0 Å². The fourth-order valence-electron chi connectivity index (χ4n) is 3.99. The highest BCUT2D eigenvalue weighted by Gasteiger charge is 2.17. The van der Waals surface area contributed by atoms with Crippen molar-refractivity contribution < 1.29 is 10.0 Å². The van der Waals surface area contributed by atoms with Crippen LogP contribution >= 0.6 is 0 Å². The summed E-state index contributed by atoms with van der Waals surface area (Å²) in [5.74, 6) is -0.467. The van der Waals surface area contributed by atoms with Crippen LogP contribution in [0.15, 0.2) is 66.7 Å². The Labute approximate surface area is 171 Å². The van der Waals surface area contributed by atoms with Gasteiger partial charge in [0, 0.05) is 44.8 Å². The largest absolute Gasteiger partial charge is 0.300 e. The molecule has 5 nitrogen and oxygen atoms in total. The maximum atomic E-state index is 11.6. The molecule has 0 aliphatic carbocycles. The van der Waals surface area contributed by atoms with Crippen LogP contribution in [0.25, 0.3) is 10.8 Å². The Bertz CT molecular complexity index is 981. The van der Waals surface area contributed by atoms with E-state index in [2.05, 4.69) is 52.3 Å². The maximum absolute atomic E-state index is 11.6. The first-order valence-electron chi connectivity index (χ1n) is 10.2. The number of nitrogens with one attached hydrogen (secondary N) is 1. The smallest absolute Gasteiger partial charge is 0.274 e. The third kappa shape index (κ3) is 5.01. The van der Waals surface area contributed by atoms with E-state index in [9.17, 15) is 4.79 Å². The highest BCUT2D eigenvalue weighted by Crippen LogP contribution is 2.17. The van der Waals surface area contributed by atoms with Crippen molar-refractivity contribution in [1.82, 2.24) is 15.3 Å². The summed E-state index contributed by atoms with van der Waals surface area (Å²) in [6.45, 7) is 6.07. The highest BCUT2D eigenvalue weighted by molar-refractivity contribution is 5.93. The van der Waals surface area contributed by atoms with Crippen LogP contribution in [0.2, 0.25) is 0 Å². The van der Waals surface area contributed by atoms with Crippen LogP contribution < -0.4 is 5.48 Å². The molecule has 29 heavy (non-hydrogen) atoms. The molecule has 1 aliphatic rings. The molecule has 0 unspecified atom stereocenters. The maximum Gasteiger partial charge on any atom is 0.274 e. The minimum Gasteiger partial charge on any atom is -0.300 e. The minimum absolute atomic E-state index is 0.467. The number of hydroxylamine groups is 1. The second-order valence-corrected chi connectivity index (χ2v) is 7.69. The number of hydrogen-bond donors (Lipinski definition) is 2. The van der Waals surface area contributed by atoms with Crippen LogP contribution in [0.4, 0.5) is 0 Å². The fraction of sp³-hybridized carbons (Fsp3) is 0.292. The van der Waals surface area contributed by atoms with Gasteiger partial charge in [-0.15, -0.1) is 0 Å². The van der Waals surface area contributed by atoms with Gasteiger partial charge in [0.15, 0.2) is 0 Å². The van der Waals surface area contributed by atoms with Gasteiger partial charge in [-0.3, -0.25) is 14.9 Å². The highest BCUT2D eigenvalue weighted by atomic mass is 16.5. The van der Waals surface area contributed by atoms with E-state index in [1.54, 1.807) is 11.5 Å². The van der Waals surface area contributed by atoms with Crippen LogP contribution in [-0.2, 0) is 13.0 Å². The van der Waals surface area contributed by atoms with E-state index >= 15 is 0 Å². The molecule has 1 aliphatic heterocycles. The van der Waals surface area contributed by atoms with Gasteiger partial charge in [0.2, 0.25) is 0 Å². The normalized spacial score (nSPS) is 15.5. The van der Waals surface area contributed by atoms with Crippen LogP contribution in [-0.4, -0.2) is 53.6 Å². The lowest BCUT2D eigenvalue weighted by Crippen LogP contribution is -2.46. The Kier molecular flexibility index (Phi) is 6.20. The predicted molar refractivity (Wildman–Crippen MR) is 115 cm³/mol. The van der Waals surface area contributed by atoms with Crippen molar-refractivity contribution in [3.05, 3.63) is 83.4 Å². The van der Waals surface area contributed by atoms with E-state index in [0.29, 0.717) is 5.56 Å². The molecule has 4 rings (SSSR count). The molecular formula is C24H27N3O2. The molecule has 0 saturated carbocycles. The van der Waals surface area contributed by atoms with Crippen molar-refractivity contribution in [2.75, 3.05) is 32.7 Å². The predicted octanol–water partition coefficient (Wildman–Crippen LogP) is 3.32. The number of fused-ring (bicyclic) bond motifs is 1. The first-order valence-corrected chi connectivity index (χ1v) is 10.2. The number of hydrogen-bond acceptors (Lipinski definition) is 4. The Morgan fingerprint density at radius 2 is 1.59 bits per heavy atom. The summed E-state index contributed by atoms with van der Waals surface area (Å²) in [5, 5.41) is 11.4. The number of carbonyl (C=O) groups is 1. The van der Waals surface area contributed by atoms with E-state index in [1.165, 1.54) is 16.3 Å². The average molecular weight is 389 g/mol. The Balaban J connectivity index is 1.26. The second-order valence-electron chi connectivity index (χ2n) is 7.69. The van der Waals surface area contributed by atoms with E-state index in [0.717, 1.165) is 51.3 Å². The van der Waals surface area contributed by atoms with Crippen LogP contribution in [0.3, 0.4) is 0 Å². The monoisotopic (exact) mass is 389 g/mol. The van der Waals surface area contributed by atoms with Crippen LogP contribution in [0, 0.1) is 0 Å². The number of nitrogens with zero attached hydrogens (tertiary/aromatic N) is 2. The summed E-state index contributed by atoms with van der Waals surface area (Å²) in [6, 6.07) is 22.7. The molecule has 0 bridgehead atoms. The molecule has 0 spiro atoms. The second kappa shape index (κ2) is 9.18. The van der Waals surface area contributed by atoms with E-state index < -0.39 is 5.91 Å². The lowest BCUT2D eigenvalue weighted by molar-refractivity contribution is 0.0706. The standard InChI is InChI=1S/C24H27N3O2/c28-24(25-29)23-7-3-4-20(17-23)18-27-14-12-26(13-15-27)11-10-19-8-9-21-5-1-2-6-22(21)16-19/h1-9,16-17,29H,10-15,18H2,(H,25,28). The first kappa shape index (κ1) is 19.6. The van der Waals surface area contributed by atoms with Crippen LogP contribution in [0.1, 0.15) is 21.5 Å². The van der Waals surface area contributed by atoms with Crippen molar-refractivity contribution in [3.8, 4) is 0 Å². The summed E-state index contributed by atoms with van der Waals surface area (Å²) in [7, 11) is 0. The molecular weight excluding hydrogens is 362 g/mol. The van der Waals surface area contributed by atoms with Crippen molar-refractivity contribution in [2.24, 2.45) is 0 Å². The average Bonchev–Trinajstić information content (AvgIpc) is 2.78. The fourth-order valence-corrected chi connectivity index (χ4v) is 3.99. The van der Waals surface area contributed by atoms with E-state index in [4.69, 9.17) is 5.21 Å². The molecule has 5 heteroatoms. The van der Waals surface area contributed by atoms with Crippen molar-refractivity contribution in [2.45, 2.75) is 13.0 Å². The van der Waals surface area contributed by atoms with Gasteiger partial charge in [-0.1, -0.05) is 54.6 Å². The molecule has 3 aromatic carbocycles. The zero-order valence-corrected chi connectivity index (χ0v) is 16.6. The van der Waals surface area contributed by atoms with Gasteiger partial charge in [-0.25, -0.2) is 5.48 Å². The Morgan fingerprint density at radius 1 is 0.828 bits per heavy atom. The lowest BCUT2D eigenvalue weighted by atomic mass is 10.0. The van der Waals surface area contributed by atoms with Crippen molar-refractivity contribution >= 4 is 16.7 Å². The Hall–Kier alpha value is -2.73. The number of rotatable bonds is 6. The molecule has 2 N–H and O–H groups in total. The third-order valence-electron chi connectivity index (χ3n) is 5.69. The molecule has 1 fully saturated rings. The van der Waals surface area contributed by atoms with Gasteiger partial charge in [0.1, 0.15) is 0 Å². The molecule has 0 aromatic heterocycles. The van der Waals surface area contributed by atoms with Gasteiger partial charge in [0.25, 0.3) is 5.91 Å². The van der Waals surface area contributed by atoms with E-state index in [1.807, 2.05) is 18.2 Å². The lowest BCUT2D eigenvalue weighted by Gasteiger charge is -2.34. The van der Waals surface area contributed by atoms with Crippen molar-refractivity contribution in [1.29, 1.82) is 0 Å². The van der Waals surface area contributed by atoms with Gasteiger partial charge in [0.05, 0.1) is 0 Å². The number of amides is 1. The SMILES string of the molecule is O=C(NO)c1cccc(CN2CCN(CCc3ccc4ccccc4c3)CC2)c1. The molecule has 3 aromatic rings. The topological polar surface area (TPSA) is 55.8 Å². The zero-order chi connectivity index (χ0) is 20.1. The van der Waals surface area contributed by atoms with Gasteiger partial charge in [-0.05, 0) is 40.5 Å². The number of benzene rings is 3.